The summed E-state index contributed by atoms with van der Waals surface area (Å²) in [7, 11) is 3.45. The van der Waals surface area contributed by atoms with Crippen molar-refractivity contribution in [3.63, 3.8) is 0 Å². The molecule has 0 aromatic heterocycles. The lowest BCUT2D eigenvalue weighted by Gasteiger charge is -2.20. The van der Waals surface area contributed by atoms with Gasteiger partial charge in [-0.05, 0) is 59.0 Å². The van der Waals surface area contributed by atoms with E-state index in [-0.39, 0.29) is 18.2 Å². The molecule has 0 fully saturated rings. The van der Waals surface area contributed by atoms with Crippen LogP contribution in [-0.4, -0.2) is 50.9 Å². The maximum absolute atomic E-state index is 12.2. The highest BCUT2D eigenvalue weighted by atomic mass is 16.5. The highest BCUT2D eigenvalue weighted by Gasteiger charge is 2.17. The van der Waals surface area contributed by atoms with Crippen LogP contribution in [0.1, 0.15) is 66.4 Å². The lowest BCUT2D eigenvalue weighted by molar-refractivity contribution is -0.127. The van der Waals surface area contributed by atoms with Crippen LogP contribution in [0.15, 0.2) is 48.0 Å². The fourth-order valence-corrected chi connectivity index (χ4v) is 3.32. The predicted molar refractivity (Wildman–Crippen MR) is 167 cm³/mol. The van der Waals surface area contributed by atoms with Gasteiger partial charge in [0.1, 0.15) is 24.5 Å². The second-order valence-corrected chi connectivity index (χ2v) is 10.1. The van der Waals surface area contributed by atoms with Crippen LogP contribution in [0.4, 0.5) is 17.1 Å². The Morgan fingerprint density at radius 2 is 1.60 bits per heavy atom. The quantitative estimate of drug-likeness (QED) is 0.134. The number of rotatable bonds is 13. The SMILES string of the molecule is C=C(Nc1ccc(NC(=O)CC(=O)NC(C)(C)C)cc1)c1c(N=CC)cc(OCCNC)cc1OC.CCCC. The van der Waals surface area contributed by atoms with Crippen LogP contribution in [0.3, 0.4) is 0 Å². The topological polar surface area (TPSA) is 113 Å². The zero-order valence-electron chi connectivity index (χ0n) is 25.4. The minimum atomic E-state index is -0.391. The van der Waals surface area contributed by atoms with Crippen LogP contribution in [0, 0.1) is 0 Å². The van der Waals surface area contributed by atoms with E-state index in [2.05, 4.69) is 46.7 Å². The standard InChI is InChI=1S/C27H37N5O4.C4H10/c1-8-29-22-15-21(36-14-13-28-6)16-23(35-7)26(22)18(2)30-19-9-11-20(12-10-19)31-24(33)17-25(34)32-27(3,4)5;1-3-4-2/h8-12,15-16,28,30H,2,13-14,17H2,1,3-7H3,(H,31,33)(H,32,34);3-4H2,1-2H3. The van der Waals surface area contributed by atoms with Crippen LogP contribution in [0.5, 0.6) is 11.5 Å². The summed E-state index contributed by atoms with van der Waals surface area (Å²) < 4.78 is 11.4. The van der Waals surface area contributed by atoms with Gasteiger partial charge in [-0.15, -0.1) is 0 Å². The largest absolute Gasteiger partial charge is 0.496 e. The number of methoxy groups -OCH3 is 1. The molecule has 4 N–H and O–H groups in total. The van der Waals surface area contributed by atoms with Gasteiger partial charge in [0, 0.05) is 47.5 Å². The van der Waals surface area contributed by atoms with Gasteiger partial charge in [0.15, 0.2) is 0 Å². The molecule has 0 aliphatic heterocycles. The molecule has 40 heavy (non-hydrogen) atoms. The van der Waals surface area contributed by atoms with Gasteiger partial charge in [-0.2, -0.15) is 0 Å². The smallest absolute Gasteiger partial charge is 0.233 e. The number of anilines is 2. The number of carbonyl (C=O) groups excluding carboxylic acids is 2. The van der Waals surface area contributed by atoms with Crippen molar-refractivity contribution >= 4 is 40.8 Å². The fourth-order valence-electron chi connectivity index (χ4n) is 3.32. The Morgan fingerprint density at radius 1 is 1.00 bits per heavy atom. The third kappa shape index (κ3) is 12.8. The molecule has 0 atom stereocenters. The van der Waals surface area contributed by atoms with Crippen molar-refractivity contribution in [2.45, 2.75) is 66.3 Å². The van der Waals surface area contributed by atoms with Gasteiger partial charge in [0.25, 0.3) is 0 Å². The van der Waals surface area contributed by atoms with E-state index in [1.54, 1.807) is 43.7 Å². The molecule has 220 valence electrons. The lowest BCUT2D eigenvalue weighted by Crippen LogP contribution is -2.41. The average Bonchev–Trinajstić information content (AvgIpc) is 2.88. The second-order valence-electron chi connectivity index (χ2n) is 10.1. The average molecular weight is 554 g/mol. The van der Waals surface area contributed by atoms with Gasteiger partial charge in [0.05, 0.1) is 18.4 Å². The summed E-state index contributed by atoms with van der Waals surface area (Å²) in [6.45, 7) is 17.2. The van der Waals surface area contributed by atoms with E-state index in [1.165, 1.54) is 12.8 Å². The van der Waals surface area contributed by atoms with Gasteiger partial charge in [-0.3, -0.25) is 14.6 Å². The minimum Gasteiger partial charge on any atom is -0.496 e. The van der Waals surface area contributed by atoms with Gasteiger partial charge in [0.2, 0.25) is 11.8 Å². The normalized spacial score (nSPS) is 10.8. The molecule has 9 nitrogen and oxygen atoms in total. The molecule has 2 aromatic carbocycles. The summed E-state index contributed by atoms with van der Waals surface area (Å²) in [6, 6.07) is 10.8. The van der Waals surface area contributed by atoms with Crippen LogP contribution < -0.4 is 30.7 Å². The van der Waals surface area contributed by atoms with Crippen molar-refractivity contribution < 1.29 is 19.1 Å². The van der Waals surface area contributed by atoms with Crippen molar-refractivity contribution in [3.8, 4) is 11.5 Å². The van der Waals surface area contributed by atoms with Gasteiger partial charge < -0.3 is 30.7 Å². The number of unbranched alkanes of at least 4 members (excludes halogenated alkanes) is 1. The maximum Gasteiger partial charge on any atom is 0.233 e. The van der Waals surface area contributed by atoms with E-state index in [0.29, 0.717) is 47.3 Å². The molecule has 0 bridgehead atoms. The van der Waals surface area contributed by atoms with Crippen LogP contribution in [0.2, 0.25) is 0 Å². The number of amides is 2. The van der Waals surface area contributed by atoms with E-state index >= 15 is 0 Å². The monoisotopic (exact) mass is 553 g/mol. The summed E-state index contributed by atoms with van der Waals surface area (Å²) in [5.41, 5.74) is 2.90. The Labute approximate surface area is 239 Å². The molecule has 0 saturated heterocycles. The summed E-state index contributed by atoms with van der Waals surface area (Å²) >= 11 is 0. The Morgan fingerprint density at radius 3 is 2.10 bits per heavy atom. The summed E-state index contributed by atoms with van der Waals surface area (Å²) in [5, 5.41) is 11.8. The van der Waals surface area contributed by atoms with Crippen LogP contribution >= 0.6 is 0 Å². The van der Waals surface area contributed by atoms with E-state index in [4.69, 9.17) is 9.47 Å². The van der Waals surface area contributed by atoms with Crippen molar-refractivity contribution in [1.29, 1.82) is 0 Å². The van der Waals surface area contributed by atoms with Crippen LogP contribution in [0.25, 0.3) is 5.70 Å². The van der Waals surface area contributed by atoms with E-state index in [0.717, 1.165) is 5.69 Å². The highest BCUT2D eigenvalue weighted by molar-refractivity contribution is 6.03. The molecule has 0 aliphatic carbocycles. The molecule has 2 amide bonds. The number of likely N-dealkylation sites (N-methyl/N-ethyl adjacent to an activating group) is 1. The molecule has 2 aromatic rings. The number of ether oxygens (including phenoxy) is 2. The number of hydrogen-bond acceptors (Lipinski definition) is 7. The Balaban J connectivity index is 0.00000187. The lowest BCUT2D eigenvalue weighted by atomic mass is 10.1. The molecule has 0 spiro atoms. The summed E-state index contributed by atoms with van der Waals surface area (Å²) in [5.74, 6) is 0.515. The zero-order chi connectivity index (χ0) is 30.1. The Kier molecular flexibility index (Phi) is 15.1. The third-order valence-electron chi connectivity index (χ3n) is 5.26. The first-order valence-electron chi connectivity index (χ1n) is 13.6. The van der Waals surface area contributed by atoms with Crippen molar-refractivity contribution in [1.82, 2.24) is 10.6 Å². The van der Waals surface area contributed by atoms with Gasteiger partial charge >= 0.3 is 0 Å². The minimum absolute atomic E-state index is 0.247. The molecular weight excluding hydrogens is 506 g/mol. The fraction of sp³-hybridized carbons (Fsp3) is 0.452. The predicted octanol–water partition coefficient (Wildman–Crippen LogP) is 6.15. The molecule has 0 radical (unpaired) electrons. The van der Waals surface area contributed by atoms with Crippen molar-refractivity contribution in [3.05, 3.63) is 48.5 Å². The summed E-state index contributed by atoms with van der Waals surface area (Å²) in [4.78, 5) is 28.6. The number of carbonyl (C=O) groups is 2. The number of nitrogens with zero attached hydrogens (tertiary/aromatic N) is 1. The van der Waals surface area contributed by atoms with Gasteiger partial charge in [-0.1, -0.05) is 33.3 Å². The third-order valence-corrected chi connectivity index (χ3v) is 5.26. The van der Waals surface area contributed by atoms with E-state index in [1.807, 2.05) is 40.8 Å². The molecule has 2 rings (SSSR count). The molecule has 0 unspecified atom stereocenters. The zero-order valence-corrected chi connectivity index (χ0v) is 25.4. The molecule has 0 aliphatic rings. The summed E-state index contributed by atoms with van der Waals surface area (Å²) in [6.07, 6.45) is 4.09. The number of benzene rings is 2. The first-order valence-corrected chi connectivity index (χ1v) is 13.6. The first kappa shape index (κ1) is 34.2. The molecule has 9 heteroatoms. The molecule has 0 saturated carbocycles. The number of hydrogen-bond donors (Lipinski definition) is 4. The van der Waals surface area contributed by atoms with Crippen LogP contribution in [-0.2, 0) is 9.59 Å². The highest BCUT2D eigenvalue weighted by Crippen LogP contribution is 2.39. The van der Waals surface area contributed by atoms with E-state index < -0.39 is 5.54 Å². The second kappa shape index (κ2) is 17.7. The van der Waals surface area contributed by atoms with Crippen molar-refractivity contribution in [2.75, 3.05) is 37.9 Å². The van der Waals surface area contributed by atoms with E-state index in [9.17, 15) is 9.59 Å². The Hall–Kier alpha value is -3.85. The number of nitrogens with one attached hydrogen (secondary N) is 4. The maximum atomic E-state index is 12.2. The van der Waals surface area contributed by atoms with Gasteiger partial charge in [-0.25, -0.2) is 0 Å². The molecule has 0 heterocycles. The number of aliphatic imine (C=N–C) groups is 1. The molecular formula is C31H47N5O4. The Bertz CT molecular complexity index is 1120. The first-order chi connectivity index (χ1) is 19.0. The van der Waals surface area contributed by atoms with Crippen molar-refractivity contribution in [2.24, 2.45) is 4.99 Å².